The number of thioether (sulfide) groups is 1. The molecule has 4 N–H and O–H groups in total. The van der Waals surface area contributed by atoms with E-state index in [1.54, 1.807) is 24.0 Å². The zero-order valence-electron chi connectivity index (χ0n) is 15.7. The highest BCUT2D eigenvalue weighted by molar-refractivity contribution is 7.99. The Bertz CT molecular complexity index is 789. The van der Waals surface area contributed by atoms with E-state index in [1.165, 1.54) is 12.8 Å². The van der Waals surface area contributed by atoms with Gasteiger partial charge in [-0.25, -0.2) is 4.79 Å². The summed E-state index contributed by atoms with van der Waals surface area (Å²) < 4.78 is 5.90. The van der Waals surface area contributed by atoms with Crippen molar-refractivity contribution in [1.29, 1.82) is 0 Å². The molecule has 0 amide bonds. The van der Waals surface area contributed by atoms with E-state index in [0.29, 0.717) is 17.0 Å². The predicted molar refractivity (Wildman–Crippen MR) is 107 cm³/mol. The van der Waals surface area contributed by atoms with E-state index in [-0.39, 0.29) is 6.42 Å². The molecule has 2 aromatic rings. The summed E-state index contributed by atoms with van der Waals surface area (Å²) in [6, 6.07) is 2.82. The molecule has 1 fully saturated rings. The van der Waals surface area contributed by atoms with Crippen LogP contribution in [0.1, 0.15) is 44.1 Å². The van der Waals surface area contributed by atoms with Gasteiger partial charge in [-0.15, -0.1) is 0 Å². The van der Waals surface area contributed by atoms with Gasteiger partial charge in [0.25, 0.3) is 0 Å². The summed E-state index contributed by atoms with van der Waals surface area (Å²) in [6.45, 7) is 2.05. The number of nitrogens with zero attached hydrogens (tertiary/aromatic N) is 1. The number of nitrogens with two attached hydrogens (primary N) is 1. The fourth-order valence-electron chi connectivity index (χ4n) is 3.20. The molecule has 2 aromatic heterocycles. The second-order valence-electron chi connectivity index (χ2n) is 7.45. The maximum absolute atomic E-state index is 11.8. The Morgan fingerprint density at radius 1 is 1.52 bits per heavy atom. The van der Waals surface area contributed by atoms with Crippen molar-refractivity contribution in [2.24, 2.45) is 11.7 Å². The summed E-state index contributed by atoms with van der Waals surface area (Å²) in [6.07, 6.45) is 7.00. The molecule has 7 heteroatoms. The van der Waals surface area contributed by atoms with Crippen molar-refractivity contribution in [2.45, 2.75) is 57.1 Å². The lowest BCUT2D eigenvalue weighted by Crippen LogP contribution is -2.57. The van der Waals surface area contributed by atoms with E-state index in [9.17, 15) is 15.0 Å². The van der Waals surface area contributed by atoms with Crippen molar-refractivity contribution < 1.29 is 19.4 Å². The molecule has 0 unspecified atom stereocenters. The van der Waals surface area contributed by atoms with Crippen LogP contribution >= 0.6 is 11.8 Å². The molecule has 0 spiro atoms. The normalized spacial score (nSPS) is 17.7. The van der Waals surface area contributed by atoms with Gasteiger partial charge in [-0.2, -0.15) is 11.8 Å². The number of fused-ring (bicyclic) bond motifs is 1. The first-order valence-corrected chi connectivity index (χ1v) is 10.7. The van der Waals surface area contributed by atoms with Gasteiger partial charge in [-0.3, -0.25) is 4.98 Å². The second kappa shape index (κ2) is 8.63. The highest BCUT2D eigenvalue weighted by Crippen LogP contribution is 2.34. The minimum atomic E-state index is -2.06. The summed E-state index contributed by atoms with van der Waals surface area (Å²) >= 11 is 1.55. The fraction of sp³-hybridized carbons (Fsp3) is 0.600. The molecule has 1 aliphatic rings. The number of carboxylic acids is 1. The number of aliphatic hydroxyl groups is 1. The number of carbonyl (C=O) groups is 1. The molecular weight excluding hydrogens is 364 g/mol. The Labute approximate surface area is 163 Å². The summed E-state index contributed by atoms with van der Waals surface area (Å²) in [5.41, 5.74) is 5.20. The first-order valence-electron chi connectivity index (χ1n) is 9.59. The second-order valence-corrected chi connectivity index (χ2v) is 8.60. The van der Waals surface area contributed by atoms with Crippen LogP contribution in [0.25, 0.3) is 11.0 Å². The molecule has 27 heavy (non-hydrogen) atoms. The number of aromatic nitrogens is 1. The Hall–Kier alpha value is -1.57. The first kappa shape index (κ1) is 20.2. The molecular formula is C20H28N2O4S. The third-order valence-corrected chi connectivity index (χ3v) is 6.43. The van der Waals surface area contributed by atoms with Crippen molar-refractivity contribution in [3.05, 3.63) is 29.8 Å². The highest BCUT2D eigenvalue weighted by atomic mass is 32.2. The van der Waals surface area contributed by atoms with Gasteiger partial charge in [-0.1, -0.05) is 19.8 Å². The molecule has 0 aliphatic heterocycles. The van der Waals surface area contributed by atoms with E-state index in [4.69, 9.17) is 10.2 Å². The molecule has 0 saturated heterocycles. The number of furan rings is 1. The Morgan fingerprint density at radius 2 is 2.30 bits per heavy atom. The Kier molecular flexibility index (Phi) is 6.44. The molecule has 1 aliphatic carbocycles. The van der Waals surface area contributed by atoms with Crippen molar-refractivity contribution in [3.8, 4) is 0 Å². The number of aryl methyl sites for hydroxylation is 1. The van der Waals surface area contributed by atoms with Crippen LogP contribution in [0.3, 0.4) is 0 Å². The van der Waals surface area contributed by atoms with Crippen LogP contribution in [0.15, 0.2) is 22.7 Å². The summed E-state index contributed by atoms with van der Waals surface area (Å²) in [5, 5.41) is 21.3. The average Bonchev–Trinajstić information content (AvgIpc) is 3.37. The predicted octanol–water partition coefficient (Wildman–Crippen LogP) is 3.00. The van der Waals surface area contributed by atoms with Crippen LogP contribution < -0.4 is 5.73 Å². The topological polar surface area (TPSA) is 110 Å². The van der Waals surface area contributed by atoms with Crippen LogP contribution in [0, 0.1) is 5.92 Å². The van der Waals surface area contributed by atoms with Gasteiger partial charge in [0.05, 0.1) is 11.7 Å². The molecule has 0 bridgehead atoms. The Balaban J connectivity index is 1.80. The van der Waals surface area contributed by atoms with E-state index < -0.39 is 17.6 Å². The third kappa shape index (κ3) is 4.83. The molecule has 0 aromatic carbocycles. The first-order chi connectivity index (χ1) is 12.9. The highest BCUT2D eigenvalue weighted by Gasteiger charge is 2.43. The van der Waals surface area contributed by atoms with Gasteiger partial charge in [0.1, 0.15) is 11.3 Å². The molecule has 6 nitrogen and oxygen atoms in total. The number of hydrogen-bond donors (Lipinski definition) is 3. The largest absolute Gasteiger partial charge is 0.479 e. The van der Waals surface area contributed by atoms with Crippen molar-refractivity contribution >= 4 is 28.7 Å². The smallest absolute Gasteiger partial charge is 0.337 e. The maximum Gasteiger partial charge on any atom is 0.337 e. The summed E-state index contributed by atoms with van der Waals surface area (Å²) in [5.74, 6) is 1.64. The van der Waals surface area contributed by atoms with E-state index in [2.05, 4.69) is 4.98 Å². The summed E-state index contributed by atoms with van der Waals surface area (Å²) in [7, 11) is 0. The van der Waals surface area contributed by atoms with Gasteiger partial charge in [0.15, 0.2) is 5.60 Å². The number of carboxylic acid groups (broad SMARTS) is 1. The third-order valence-electron chi connectivity index (χ3n) is 5.14. The zero-order valence-corrected chi connectivity index (χ0v) is 16.5. The van der Waals surface area contributed by atoms with E-state index in [1.807, 2.05) is 13.0 Å². The van der Waals surface area contributed by atoms with Crippen LogP contribution in [-0.4, -0.2) is 44.3 Å². The van der Waals surface area contributed by atoms with Crippen molar-refractivity contribution in [3.63, 3.8) is 0 Å². The van der Waals surface area contributed by atoms with Crippen LogP contribution in [-0.2, 0) is 17.6 Å². The number of aliphatic carboxylic acids is 1. The lowest BCUT2D eigenvalue weighted by atomic mass is 9.89. The molecule has 148 valence electrons. The van der Waals surface area contributed by atoms with Crippen molar-refractivity contribution in [2.75, 3.05) is 11.5 Å². The van der Waals surface area contributed by atoms with Crippen LogP contribution in [0.4, 0.5) is 0 Å². The quantitative estimate of drug-likeness (QED) is 0.504. The molecule has 2 heterocycles. The molecule has 2 atom stereocenters. The van der Waals surface area contributed by atoms with Crippen LogP contribution in [0.5, 0.6) is 0 Å². The van der Waals surface area contributed by atoms with Crippen molar-refractivity contribution in [1.82, 2.24) is 4.98 Å². The molecule has 1 saturated carbocycles. The summed E-state index contributed by atoms with van der Waals surface area (Å²) in [4.78, 5) is 16.2. The SMILES string of the molecule is CCCSC[C@H](N)[C@](O)(Cc1nccc2oc(CCC3CC3)cc12)C(=O)O. The van der Waals surface area contributed by atoms with Gasteiger partial charge < -0.3 is 20.4 Å². The molecule has 0 radical (unpaired) electrons. The van der Waals surface area contributed by atoms with Gasteiger partial charge in [0.2, 0.25) is 0 Å². The van der Waals surface area contributed by atoms with Crippen LogP contribution in [0.2, 0.25) is 0 Å². The lowest BCUT2D eigenvalue weighted by Gasteiger charge is -2.29. The van der Waals surface area contributed by atoms with Gasteiger partial charge in [0, 0.05) is 30.2 Å². The number of rotatable bonds is 11. The Morgan fingerprint density at radius 3 is 2.96 bits per heavy atom. The monoisotopic (exact) mass is 392 g/mol. The van der Waals surface area contributed by atoms with Gasteiger partial charge >= 0.3 is 5.97 Å². The molecule has 3 rings (SSSR count). The number of hydrogen-bond acceptors (Lipinski definition) is 6. The van der Waals surface area contributed by atoms with E-state index >= 15 is 0 Å². The van der Waals surface area contributed by atoms with E-state index in [0.717, 1.165) is 42.1 Å². The average molecular weight is 393 g/mol. The minimum absolute atomic E-state index is 0.144. The zero-order chi connectivity index (χ0) is 19.4. The van der Waals surface area contributed by atoms with Gasteiger partial charge in [-0.05, 0) is 36.6 Å². The lowest BCUT2D eigenvalue weighted by molar-refractivity contribution is -0.160. The number of pyridine rings is 1. The maximum atomic E-state index is 11.8. The fourth-order valence-corrected chi connectivity index (χ4v) is 4.19. The standard InChI is InChI=1S/C20H28N2O4S/c1-2-9-27-12-18(21)20(25,19(23)24)11-16-15-10-14(6-5-13-3-4-13)26-17(15)7-8-22-16/h7-8,10,13,18,25H,2-6,9,11-12,21H2,1H3,(H,23,24)/t18-,20+/m0/s1. The minimum Gasteiger partial charge on any atom is -0.479 e.